The van der Waals surface area contributed by atoms with Crippen molar-refractivity contribution in [2.24, 2.45) is 5.73 Å². The third-order valence-electron chi connectivity index (χ3n) is 3.56. The van der Waals surface area contributed by atoms with Crippen LogP contribution in [-0.2, 0) is 4.79 Å². The number of rotatable bonds is 5. The first-order valence-electron chi connectivity index (χ1n) is 6.87. The Bertz CT molecular complexity index is 233. The van der Waals surface area contributed by atoms with E-state index in [9.17, 15) is 9.90 Å². The zero-order valence-electron chi connectivity index (χ0n) is 10.9. The van der Waals surface area contributed by atoms with E-state index < -0.39 is 0 Å². The normalized spacial score (nSPS) is 23.2. The summed E-state index contributed by atoms with van der Waals surface area (Å²) in [6, 6.07) is -0.403. The molecule has 100 valence electrons. The highest BCUT2D eigenvalue weighted by Crippen LogP contribution is 2.18. The largest absolute Gasteiger partial charge is 0.394 e. The van der Waals surface area contributed by atoms with Gasteiger partial charge in [-0.15, -0.1) is 0 Å². The summed E-state index contributed by atoms with van der Waals surface area (Å²) in [7, 11) is 0. The van der Waals surface area contributed by atoms with Crippen molar-refractivity contribution in [3.05, 3.63) is 0 Å². The molecule has 17 heavy (non-hydrogen) atoms. The van der Waals surface area contributed by atoms with Crippen molar-refractivity contribution in [3.8, 4) is 0 Å². The van der Waals surface area contributed by atoms with Crippen LogP contribution in [0.15, 0.2) is 0 Å². The monoisotopic (exact) mass is 242 g/mol. The number of nitrogens with two attached hydrogens (primary N) is 1. The summed E-state index contributed by atoms with van der Waals surface area (Å²) in [5.41, 5.74) is 5.93. The Kier molecular flexibility index (Phi) is 6.52. The van der Waals surface area contributed by atoms with Gasteiger partial charge in [0, 0.05) is 6.54 Å². The van der Waals surface area contributed by atoms with E-state index >= 15 is 0 Å². The molecule has 4 heteroatoms. The van der Waals surface area contributed by atoms with E-state index in [4.69, 9.17) is 5.73 Å². The zero-order chi connectivity index (χ0) is 12.7. The van der Waals surface area contributed by atoms with Crippen LogP contribution in [0.1, 0.15) is 51.9 Å². The lowest BCUT2D eigenvalue weighted by Gasteiger charge is -2.31. The molecule has 0 bridgehead atoms. The molecule has 1 heterocycles. The predicted octanol–water partition coefficient (Wildman–Crippen LogP) is 1.27. The molecule has 0 aromatic heterocycles. The fourth-order valence-electron chi connectivity index (χ4n) is 2.42. The van der Waals surface area contributed by atoms with Crippen molar-refractivity contribution < 1.29 is 9.90 Å². The van der Waals surface area contributed by atoms with Crippen molar-refractivity contribution in [1.29, 1.82) is 0 Å². The Morgan fingerprint density at radius 1 is 1.47 bits per heavy atom. The molecule has 1 aliphatic rings. The molecule has 0 radical (unpaired) electrons. The van der Waals surface area contributed by atoms with Crippen molar-refractivity contribution in [3.63, 3.8) is 0 Å². The quantitative estimate of drug-likeness (QED) is 0.763. The maximum Gasteiger partial charge on any atom is 0.239 e. The molecule has 1 rings (SSSR count). The lowest BCUT2D eigenvalue weighted by atomic mass is 10.1. The van der Waals surface area contributed by atoms with Gasteiger partial charge in [-0.25, -0.2) is 0 Å². The number of unbranched alkanes of at least 4 members (excludes halogenated alkanes) is 1. The zero-order valence-corrected chi connectivity index (χ0v) is 10.9. The van der Waals surface area contributed by atoms with Crippen molar-refractivity contribution in [2.75, 3.05) is 13.2 Å². The summed E-state index contributed by atoms with van der Waals surface area (Å²) < 4.78 is 0. The number of carbonyl (C=O) groups excluding carboxylic acids is 1. The number of carbonyl (C=O) groups is 1. The fourth-order valence-corrected chi connectivity index (χ4v) is 2.42. The summed E-state index contributed by atoms with van der Waals surface area (Å²) in [4.78, 5) is 14.0. The molecule has 4 nitrogen and oxygen atoms in total. The highest BCUT2D eigenvalue weighted by atomic mass is 16.3. The van der Waals surface area contributed by atoms with E-state index in [1.807, 2.05) is 4.90 Å². The van der Waals surface area contributed by atoms with Gasteiger partial charge < -0.3 is 15.7 Å². The maximum absolute atomic E-state index is 12.2. The molecule has 0 spiro atoms. The summed E-state index contributed by atoms with van der Waals surface area (Å²) >= 11 is 0. The van der Waals surface area contributed by atoms with Gasteiger partial charge in [0.1, 0.15) is 0 Å². The number of likely N-dealkylation sites (tertiary alicyclic amines) is 1. The summed E-state index contributed by atoms with van der Waals surface area (Å²) in [5.74, 6) is 0.0272. The molecule has 1 aliphatic heterocycles. The third-order valence-corrected chi connectivity index (χ3v) is 3.56. The summed E-state index contributed by atoms with van der Waals surface area (Å²) in [6.45, 7) is 2.91. The van der Waals surface area contributed by atoms with Gasteiger partial charge in [0.15, 0.2) is 0 Å². The second kappa shape index (κ2) is 7.67. The van der Waals surface area contributed by atoms with Gasteiger partial charge in [0.05, 0.1) is 18.7 Å². The first-order valence-corrected chi connectivity index (χ1v) is 6.87. The van der Waals surface area contributed by atoms with E-state index in [1.54, 1.807) is 0 Å². The van der Waals surface area contributed by atoms with Gasteiger partial charge in [-0.05, 0) is 19.3 Å². The number of nitrogens with zero attached hydrogens (tertiary/aromatic N) is 1. The molecule has 0 aromatic carbocycles. The smallest absolute Gasteiger partial charge is 0.239 e. The van der Waals surface area contributed by atoms with E-state index in [1.165, 1.54) is 0 Å². The molecule has 0 aromatic rings. The predicted molar refractivity (Wildman–Crippen MR) is 68.6 cm³/mol. The average Bonchev–Trinajstić information content (AvgIpc) is 2.59. The third kappa shape index (κ3) is 4.28. The van der Waals surface area contributed by atoms with Crippen LogP contribution in [0.25, 0.3) is 0 Å². The Hall–Kier alpha value is -0.610. The molecule has 1 saturated heterocycles. The fraction of sp³-hybridized carbons (Fsp3) is 0.923. The molecule has 0 aliphatic carbocycles. The Balaban J connectivity index is 2.56. The van der Waals surface area contributed by atoms with Crippen LogP contribution in [0.2, 0.25) is 0 Å². The number of hydrogen-bond donors (Lipinski definition) is 2. The van der Waals surface area contributed by atoms with Crippen molar-refractivity contribution in [2.45, 2.75) is 64.0 Å². The second-order valence-electron chi connectivity index (χ2n) is 4.97. The van der Waals surface area contributed by atoms with Gasteiger partial charge in [-0.1, -0.05) is 32.6 Å². The van der Waals surface area contributed by atoms with E-state index in [0.717, 1.165) is 51.5 Å². The van der Waals surface area contributed by atoms with E-state index in [-0.39, 0.29) is 24.6 Å². The van der Waals surface area contributed by atoms with Gasteiger partial charge in [0.2, 0.25) is 5.91 Å². The summed E-state index contributed by atoms with van der Waals surface area (Å²) in [6.07, 6.45) is 6.98. The second-order valence-corrected chi connectivity index (χ2v) is 4.97. The van der Waals surface area contributed by atoms with Crippen LogP contribution in [0.4, 0.5) is 0 Å². The topological polar surface area (TPSA) is 66.6 Å². The highest BCUT2D eigenvalue weighted by Gasteiger charge is 2.27. The molecule has 3 N–H and O–H groups in total. The van der Waals surface area contributed by atoms with Crippen LogP contribution in [0, 0.1) is 0 Å². The molecule has 2 atom stereocenters. The Morgan fingerprint density at radius 2 is 2.24 bits per heavy atom. The van der Waals surface area contributed by atoms with Crippen molar-refractivity contribution >= 4 is 5.91 Å². The van der Waals surface area contributed by atoms with Crippen LogP contribution < -0.4 is 5.73 Å². The minimum absolute atomic E-state index is 0.0160. The van der Waals surface area contributed by atoms with E-state index in [0.29, 0.717) is 0 Å². The summed E-state index contributed by atoms with van der Waals surface area (Å²) in [5, 5.41) is 9.36. The molecule has 1 amide bonds. The average molecular weight is 242 g/mol. The lowest BCUT2D eigenvalue weighted by molar-refractivity contribution is -0.136. The SMILES string of the molecule is CCCC[C@H](N)C(=O)N1CCCCCC1CO. The standard InChI is InChI=1S/C13H26N2O2/c1-2-3-8-12(14)13(17)15-9-6-4-5-7-11(15)10-16/h11-12,16H,2-10,14H2,1H3/t11?,12-/m0/s1. The van der Waals surface area contributed by atoms with Crippen LogP contribution in [0.3, 0.4) is 0 Å². The molecule has 1 fully saturated rings. The van der Waals surface area contributed by atoms with Crippen molar-refractivity contribution in [1.82, 2.24) is 4.90 Å². The Labute approximate surface area is 104 Å². The van der Waals surface area contributed by atoms with Crippen LogP contribution in [0.5, 0.6) is 0 Å². The van der Waals surface area contributed by atoms with E-state index in [2.05, 4.69) is 6.92 Å². The first-order chi connectivity index (χ1) is 8.20. The lowest BCUT2D eigenvalue weighted by Crippen LogP contribution is -2.49. The molecule has 0 saturated carbocycles. The van der Waals surface area contributed by atoms with Crippen LogP contribution >= 0.6 is 0 Å². The highest BCUT2D eigenvalue weighted by molar-refractivity contribution is 5.82. The number of amides is 1. The molecule has 1 unspecified atom stereocenters. The maximum atomic E-state index is 12.2. The Morgan fingerprint density at radius 3 is 2.88 bits per heavy atom. The van der Waals surface area contributed by atoms with Gasteiger partial charge in [-0.3, -0.25) is 4.79 Å². The first kappa shape index (κ1) is 14.5. The van der Waals surface area contributed by atoms with Gasteiger partial charge >= 0.3 is 0 Å². The number of aliphatic hydroxyl groups excluding tert-OH is 1. The van der Waals surface area contributed by atoms with Gasteiger partial charge in [0.25, 0.3) is 0 Å². The number of hydrogen-bond acceptors (Lipinski definition) is 3. The minimum atomic E-state index is -0.387. The number of aliphatic hydroxyl groups is 1. The molecular weight excluding hydrogens is 216 g/mol. The van der Waals surface area contributed by atoms with Crippen LogP contribution in [-0.4, -0.2) is 41.1 Å². The minimum Gasteiger partial charge on any atom is -0.394 e. The van der Waals surface area contributed by atoms with Gasteiger partial charge in [-0.2, -0.15) is 0 Å². The molecular formula is C13H26N2O2.